The van der Waals surface area contributed by atoms with Crippen LogP contribution in [-0.2, 0) is 0 Å². The number of ketones is 1. The monoisotopic (exact) mass is 236 g/mol. The van der Waals surface area contributed by atoms with Crippen LogP contribution in [0.4, 0.5) is 0 Å². The van der Waals surface area contributed by atoms with Crippen molar-refractivity contribution in [2.45, 2.75) is 13.8 Å². The van der Waals surface area contributed by atoms with Crippen LogP contribution >= 0.6 is 12.2 Å². The van der Waals surface area contributed by atoms with Crippen LogP contribution in [0.15, 0.2) is 23.3 Å². The molecule has 0 aliphatic heterocycles. The summed E-state index contributed by atoms with van der Waals surface area (Å²) in [5, 5.41) is 4.01. The topological polar surface area (TPSA) is 80.4 Å². The number of aromatic nitrogens is 1. The van der Waals surface area contributed by atoms with E-state index in [4.69, 9.17) is 5.73 Å². The predicted molar refractivity (Wildman–Crippen MR) is 66.4 cm³/mol. The van der Waals surface area contributed by atoms with E-state index in [9.17, 15) is 4.79 Å². The lowest BCUT2D eigenvalue weighted by molar-refractivity contribution is 0.101. The number of Topliss-reactive ketones (excluding diaryl/α,β-unsaturated/α-hetero) is 1. The number of thiocarbonyl (C=S) groups is 1. The molecule has 6 heteroatoms. The molecule has 0 atom stereocenters. The summed E-state index contributed by atoms with van der Waals surface area (Å²) >= 11 is 4.62. The molecule has 0 bridgehead atoms. The van der Waals surface area contributed by atoms with Crippen molar-refractivity contribution in [3.63, 3.8) is 0 Å². The number of hydrogen-bond donors (Lipinski definition) is 2. The maximum absolute atomic E-state index is 11.1. The van der Waals surface area contributed by atoms with Gasteiger partial charge in [0.15, 0.2) is 10.9 Å². The zero-order chi connectivity index (χ0) is 12.1. The standard InChI is InChI=1S/C10H12N4OS/c1-6(13-14-10(11)16)8-4-3-5-9(12-8)7(2)15/h3-5H,1-2H3,(H3,11,14,16)/b13-6+. The summed E-state index contributed by atoms with van der Waals surface area (Å²) in [6.45, 7) is 3.21. The van der Waals surface area contributed by atoms with Crippen molar-refractivity contribution < 1.29 is 4.79 Å². The lowest BCUT2D eigenvalue weighted by Crippen LogP contribution is -2.25. The van der Waals surface area contributed by atoms with Gasteiger partial charge in [-0.05, 0) is 31.3 Å². The van der Waals surface area contributed by atoms with Crippen LogP contribution in [-0.4, -0.2) is 21.6 Å². The second-order valence-electron chi connectivity index (χ2n) is 3.14. The fourth-order valence-corrected chi connectivity index (χ4v) is 1.07. The first-order valence-electron chi connectivity index (χ1n) is 4.59. The van der Waals surface area contributed by atoms with E-state index in [0.717, 1.165) is 0 Å². The highest BCUT2D eigenvalue weighted by Crippen LogP contribution is 2.01. The van der Waals surface area contributed by atoms with Crippen molar-refractivity contribution in [2.75, 3.05) is 0 Å². The van der Waals surface area contributed by atoms with Gasteiger partial charge in [-0.3, -0.25) is 10.2 Å². The summed E-state index contributed by atoms with van der Waals surface area (Å²) < 4.78 is 0. The van der Waals surface area contributed by atoms with Gasteiger partial charge in [0.25, 0.3) is 0 Å². The molecule has 1 heterocycles. The molecule has 0 saturated carbocycles. The molecule has 0 aromatic carbocycles. The molecule has 0 spiro atoms. The third kappa shape index (κ3) is 3.39. The second-order valence-corrected chi connectivity index (χ2v) is 3.58. The van der Waals surface area contributed by atoms with Crippen molar-refractivity contribution in [2.24, 2.45) is 10.8 Å². The van der Waals surface area contributed by atoms with E-state index in [0.29, 0.717) is 17.1 Å². The molecule has 1 aromatic rings. The number of rotatable bonds is 3. The fraction of sp³-hybridized carbons (Fsp3) is 0.200. The summed E-state index contributed by atoms with van der Waals surface area (Å²) in [6.07, 6.45) is 0. The van der Waals surface area contributed by atoms with Crippen LogP contribution in [0.1, 0.15) is 30.0 Å². The minimum atomic E-state index is -0.0862. The Kier molecular flexibility index (Phi) is 4.07. The van der Waals surface area contributed by atoms with Gasteiger partial charge >= 0.3 is 0 Å². The molecule has 16 heavy (non-hydrogen) atoms. The quantitative estimate of drug-likeness (QED) is 0.352. The highest BCUT2D eigenvalue weighted by atomic mass is 32.1. The highest BCUT2D eigenvalue weighted by Gasteiger charge is 2.04. The summed E-state index contributed by atoms with van der Waals surface area (Å²) in [5.74, 6) is -0.0862. The number of hydrogen-bond acceptors (Lipinski definition) is 4. The Morgan fingerprint density at radius 3 is 2.62 bits per heavy atom. The van der Waals surface area contributed by atoms with Crippen molar-refractivity contribution in [3.05, 3.63) is 29.6 Å². The van der Waals surface area contributed by atoms with Crippen LogP contribution in [0.25, 0.3) is 0 Å². The molecular weight excluding hydrogens is 224 g/mol. The molecule has 0 saturated heterocycles. The number of pyridine rings is 1. The van der Waals surface area contributed by atoms with Gasteiger partial charge in [-0.25, -0.2) is 4.98 Å². The van der Waals surface area contributed by atoms with E-state index in [2.05, 4.69) is 27.7 Å². The molecule has 0 aliphatic carbocycles. The summed E-state index contributed by atoms with van der Waals surface area (Å²) in [6, 6.07) is 5.16. The van der Waals surface area contributed by atoms with Crippen LogP contribution in [0.2, 0.25) is 0 Å². The van der Waals surface area contributed by atoms with Gasteiger partial charge in [-0.1, -0.05) is 6.07 Å². The minimum absolute atomic E-state index is 0.0853. The number of nitrogens with one attached hydrogen (secondary N) is 1. The Morgan fingerprint density at radius 1 is 1.44 bits per heavy atom. The van der Waals surface area contributed by atoms with E-state index >= 15 is 0 Å². The Hall–Kier alpha value is -1.82. The van der Waals surface area contributed by atoms with E-state index in [1.54, 1.807) is 25.1 Å². The van der Waals surface area contributed by atoms with E-state index in [1.807, 2.05) is 0 Å². The molecule has 1 rings (SSSR count). The maximum Gasteiger partial charge on any atom is 0.184 e. The van der Waals surface area contributed by atoms with Crippen molar-refractivity contribution in [1.82, 2.24) is 10.4 Å². The third-order valence-electron chi connectivity index (χ3n) is 1.81. The van der Waals surface area contributed by atoms with Crippen molar-refractivity contribution >= 4 is 28.8 Å². The lowest BCUT2D eigenvalue weighted by Gasteiger charge is -2.02. The summed E-state index contributed by atoms with van der Waals surface area (Å²) in [7, 11) is 0. The van der Waals surface area contributed by atoms with Gasteiger partial charge in [0, 0.05) is 6.92 Å². The molecule has 0 unspecified atom stereocenters. The number of carbonyl (C=O) groups is 1. The van der Waals surface area contributed by atoms with Crippen molar-refractivity contribution in [1.29, 1.82) is 0 Å². The normalized spacial score (nSPS) is 11.0. The second kappa shape index (κ2) is 5.32. The lowest BCUT2D eigenvalue weighted by atomic mass is 10.2. The third-order valence-corrected chi connectivity index (χ3v) is 1.91. The zero-order valence-electron chi connectivity index (χ0n) is 9.02. The average molecular weight is 236 g/mol. The number of nitrogens with zero attached hydrogens (tertiary/aromatic N) is 2. The minimum Gasteiger partial charge on any atom is -0.375 e. The Morgan fingerprint density at radius 2 is 2.06 bits per heavy atom. The number of hydrazone groups is 1. The van der Waals surface area contributed by atoms with Crippen LogP contribution < -0.4 is 11.2 Å². The molecular formula is C10H12N4OS. The predicted octanol–water partition coefficient (Wildman–Crippen LogP) is 0.841. The van der Waals surface area contributed by atoms with Gasteiger partial charge in [0.1, 0.15) is 5.69 Å². The van der Waals surface area contributed by atoms with Gasteiger partial charge in [-0.2, -0.15) is 5.10 Å². The molecule has 3 N–H and O–H groups in total. The molecule has 0 radical (unpaired) electrons. The SMILES string of the molecule is CC(=O)c1cccc(/C(C)=N/NC(N)=S)n1. The Labute approximate surface area is 98.8 Å². The first-order chi connectivity index (χ1) is 7.50. The van der Waals surface area contributed by atoms with Gasteiger partial charge in [0.05, 0.1) is 11.4 Å². The van der Waals surface area contributed by atoms with Gasteiger partial charge in [0.2, 0.25) is 0 Å². The Bertz CT molecular complexity index is 456. The summed E-state index contributed by atoms with van der Waals surface area (Å²) in [4.78, 5) is 15.3. The van der Waals surface area contributed by atoms with E-state index in [1.165, 1.54) is 6.92 Å². The molecule has 0 amide bonds. The first kappa shape index (κ1) is 12.3. The average Bonchev–Trinajstić information content (AvgIpc) is 2.26. The van der Waals surface area contributed by atoms with Crippen LogP contribution in [0.3, 0.4) is 0 Å². The number of carbonyl (C=O) groups excluding carboxylic acids is 1. The number of nitrogens with two attached hydrogens (primary N) is 1. The summed E-state index contributed by atoms with van der Waals surface area (Å²) in [5.41, 5.74) is 9.32. The van der Waals surface area contributed by atoms with E-state index in [-0.39, 0.29) is 10.9 Å². The van der Waals surface area contributed by atoms with Crippen LogP contribution in [0.5, 0.6) is 0 Å². The van der Waals surface area contributed by atoms with E-state index < -0.39 is 0 Å². The molecule has 5 nitrogen and oxygen atoms in total. The van der Waals surface area contributed by atoms with Crippen LogP contribution in [0, 0.1) is 0 Å². The van der Waals surface area contributed by atoms with Crippen molar-refractivity contribution in [3.8, 4) is 0 Å². The largest absolute Gasteiger partial charge is 0.375 e. The zero-order valence-corrected chi connectivity index (χ0v) is 9.84. The smallest absolute Gasteiger partial charge is 0.184 e. The highest BCUT2D eigenvalue weighted by molar-refractivity contribution is 7.80. The van der Waals surface area contributed by atoms with Gasteiger partial charge in [-0.15, -0.1) is 0 Å². The van der Waals surface area contributed by atoms with Gasteiger partial charge < -0.3 is 5.73 Å². The molecule has 84 valence electrons. The molecule has 0 fully saturated rings. The fourth-order valence-electron chi connectivity index (χ4n) is 1.03. The maximum atomic E-state index is 11.1. The molecule has 1 aromatic heterocycles. The Balaban J connectivity index is 2.95. The first-order valence-corrected chi connectivity index (χ1v) is 4.99. The molecule has 0 aliphatic rings.